The third-order valence-corrected chi connectivity index (χ3v) is 4.71. The molecule has 3 rings (SSSR count). The first kappa shape index (κ1) is 19.9. The SMILES string of the molecule is CCC1(c2ccccc2)NC(=O)N(CC(=O)Nc2cc([N+](=O)[O-])ccc2F)C1=O. The van der Waals surface area contributed by atoms with Crippen molar-refractivity contribution in [3.05, 3.63) is 70.0 Å². The van der Waals surface area contributed by atoms with Crippen molar-refractivity contribution in [1.29, 1.82) is 0 Å². The Morgan fingerprint density at radius 3 is 2.55 bits per heavy atom. The van der Waals surface area contributed by atoms with Crippen molar-refractivity contribution in [2.45, 2.75) is 18.9 Å². The molecule has 2 aromatic carbocycles. The number of hydrogen-bond acceptors (Lipinski definition) is 5. The number of nitro groups is 1. The molecule has 0 radical (unpaired) electrons. The highest BCUT2D eigenvalue weighted by molar-refractivity contribution is 6.10. The number of nitrogens with one attached hydrogen (secondary N) is 2. The van der Waals surface area contributed by atoms with Crippen LogP contribution in [0.2, 0.25) is 0 Å². The van der Waals surface area contributed by atoms with Gasteiger partial charge in [-0.1, -0.05) is 37.3 Å². The monoisotopic (exact) mass is 400 g/mol. The first-order valence-corrected chi connectivity index (χ1v) is 8.72. The molecule has 0 bridgehead atoms. The van der Waals surface area contributed by atoms with E-state index in [4.69, 9.17) is 0 Å². The van der Waals surface area contributed by atoms with Crippen LogP contribution in [-0.4, -0.2) is 34.2 Å². The van der Waals surface area contributed by atoms with Gasteiger partial charge in [0.25, 0.3) is 11.6 Å². The zero-order valence-electron chi connectivity index (χ0n) is 15.3. The number of carbonyl (C=O) groups excluding carboxylic acids is 3. The predicted octanol–water partition coefficient (Wildman–Crippen LogP) is 2.53. The van der Waals surface area contributed by atoms with Crippen LogP contribution in [0, 0.1) is 15.9 Å². The Morgan fingerprint density at radius 2 is 1.93 bits per heavy atom. The summed E-state index contributed by atoms with van der Waals surface area (Å²) < 4.78 is 13.9. The number of carbonyl (C=O) groups is 3. The number of nitrogens with zero attached hydrogens (tertiary/aromatic N) is 2. The van der Waals surface area contributed by atoms with Crippen LogP contribution in [0.5, 0.6) is 0 Å². The van der Waals surface area contributed by atoms with Gasteiger partial charge in [0.1, 0.15) is 17.9 Å². The Hall–Kier alpha value is -3.82. The average Bonchev–Trinajstić information content (AvgIpc) is 2.95. The van der Waals surface area contributed by atoms with E-state index < -0.39 is 52.0 Å². The standard InChI is InChI=1S/C19H17FN4O5/c1-2-19(12-6-4-3-5-7-12)17(26)23(18(27)22-19)11-16(25)21-15-10-13(24(28)29)8-9-14(15)20/h3-10H,2,11H2,1H3,(H,21,25)(H,22,27). The predicted molar refractivity (Wildman–Crippen MR) is 100 cm³/mol. The van der Waals surface area contributed by atoms with E-state index in [1.807, 2.05) is 0 Å². The Morgan fingerprint density at radius 1 is 1.24 bits per heavy atom. The van der Waals surface area contributed by atoms with E-state index >= 15 is 0 Å². The zero-order chi connectivity index (χ0) is 21.2. The molecule has 1 fully saturated rings. The highest BCUT2D eigenvalue weighted by Crippen LogP contribution is 2.32. The summed E-state index contributed by atoms with van der Waals surface area (Å²) in [5.74, 6) is -2.35. The van der Waals surface area contributed by atoms with Crippen LogP contribution in [0.4, 0.5) is 20.6 Å². The summed E-state index contributed by atoms with van der Waals surface area (Å²) >= 11 is 0. The molecule has 2 N–H and O–H groups in total. The lowest BCUT2D eigenvalue weighted by molar-refractivity contribution is -0.384. The maximum atomic E-state index is 13.9. The van der Waals surface area contributed by atoms with E-state index in [0.717, 1.165) is 23.1 Å². The molecule has 10 heteroatoms. The number of halogens is 1. The molecular weight excluding hydrogens is 383 g/mol. The van der Waals surface area contributed by atoms with E-state index in [9.17, 15) is 28.9 Å². The van der Waals surface area contributed by atoms with Crippen LogP contribution in [0.25, 0.3) is 0 Å². The fourth-order valence-corrected chi connectivity index (χ4v) is 3.19. The number of non-ortho nitro benzene ring substituents is 1. The Kier molecular flexibility index (Phi) is 5.26. The average molecular weight is 400 g/mol. The Balaban J connectivity index is 1.79. The number of hydrogen-bond donors (Lipinski definition) is 2. The van der Waals surface area contributed by atoms with Gasteiger partial charge in [-0.25, -0.2) is 9.18 Å². The lowest BCUT2D eigenvalue weighted by Crippen LogP contribution is -2.44. The smallest absolute Gasteiger partial charge is 0.322 e. The van der Waals surface area contributed by atoms with Crippen molar-refractivity contribution >= 4 is 29.2 Å². The number of imide groups is 1. The molecule has 4 amide bonds. The lowest BCUT2D eigenvalue weighted by atomic mass is 9.87. The molecule has 1 saturated heterocycles. The van der Waals surface area contributed by atoms with Crippen LogP contribution in [0.3, 0.4) is 0 Å². The highest BCUT2D eigenvalue weighted by Gasteiger charge is 2.51. The molecule has 0 spiro atoms. The summed E-state index contributed by atoms with van der Waals surface area (Å²) in [5, 5.41) is 15.6. The van der Waals surface area contributed by atoms with Gasteiger partial charge in [0.2, 0.25) is 5.91 Å². The van der Waals surface area contributed by atoms with Crippen molar-refractivity contribution in [2.75, 3.05) is 11.9 Å². The quantitative estimate of drug-likeness (QED) is 0.438. The number of urea groups is 1. The summed E-state index contributed by atoms with van der Waals surface area (Å²) in [5.41, 5.74) is -1.55. The minimum Gasteiger partial charge on any atom is -0.322 e. The van der Waals surface area contributed by atoms with E-state index in [1.54, 1.807) is 37.3 Å². The van der Waals surface area contributed by atoms with Crippen molar-refractivity contribution in [2.24, 2.45) is 0 Å². The molecule has 1 unspecified atom stereocenters. The molecule has 1 aliphatic rings. The minimum absolute atomic E-state index is 0.263. The second-order valence-corrected chi connectivity index (χ2v) is 6.42. The highest BCUT2D eigenvalue weighted by atomic mass is 19.1. The largest absolute Gasteiger partial charge is 0.325 e. The van der Waals surface area contributed by atoms with E-state index in [1.165, 1.54) is 0 Å². The van der Waals surface area contributed by atoms with Gasteiger partial charge in [-0.2, -0.15) is 0 Å². The number of anilines is 1. The van der Waals surface area contributed by atoms with Gasteiger partial charge >= 0.3 is 6.03 Å². The third kappa shape index (κ3) is 3.64. The second kappa shape index (κ2) is 7.66. The van der Waals surface area contributed by atoms with Crippen LogP contribution in [0.15, 0.2) is 48.5 Å². The van der Waals surface area contributed by atoms with Crippen molar-refractivity contribution in [1.82, 2.24) is 10.2 Å². The molecule has 0 saturated carbocycles. The van der Waals surface area contributed by atoms with E-state index in [0.29, 0.717) is 5.56 Å². The summed E-state index contributed by atoms with van der Waals surface area (Å²) in [4.78, 5) is 48.5. The molecule has 1 heterocycles. The molecule has 1 aliphatic heterocycles. The summed E-state index contributed by atoms with van der Waals surface area (Å²) in [6.07, 6.45) is 0.263. The van der Waals surface area contributed by atoms with Crippen molar-refractivity contribution < 1.29 is 23.7 Å². The Bertz CT molecular complexity index is 997. The van der Waals surface area contributed by atoms with Gasteiger partial charge in [0, 0.05) is 12.1 Å². The molecular formula is C19H17FN4O5. The van der Waals surface area contributed by atoms with Crippen LogP contribution < -0.4 is 10.6 Å². The van der Waals surface area contributed by atoms with Gasteiger partial charge in [0.15, 0.2) is 0 Å². The maximum Gasteiger partial charge on any atom is 0.325 e. The van der Waals surface area contributed by atoms with Crippen molar-refractivity contribution in [3.8, 4) is 0 Å². The van der Waals surface area contributed by atoms with Gasteiger partial charge in [-0.05, 0) is 18.1 Å². The number of amides is 4. The summed E-state index contributed by atoms with van der Waals surface area (Å²) in [6, 6.07) is 10.5. The molecule has 9 nitrogen and oxygen atoms in total. The van der Waals surface area contributed by atoms with Crippen LogP contribution in [0.1, 0.15) is 18.9 Å². The fourth-order valence-electron chi connectivity index (χ4n) is 3.19. The molecule has 1 atom stereocenters. The number of benzene rings is 2. The van der Waals surface area contributed by atoms with Crippen molar-refractivity contribution in [3.63, 3.8) is 0 Å². The summed E-state index contributed by atoms with van der Waals surface area (Å²) in [7, 11) is 0. The Labute approximate surface area is 164 Å². The van der Waals surface area contributed by atoms with Crippen LogP contribution in [-0.2, 0) is 15.1 Å². The third-order valence-electron chi connectivity index (χ3n) is 4.71. The van der Waals surface area contributed by atoms with Gasteiger partial charge in [-0.15, -0.1) is 0 Å². The van der Waals surface area contributed by atoms with E-state index in [-0.39, 0.29) is 6.42 Å². The minimum atomic E-state index is -1.30. The molecule has 0 aliphatic carbocycles. The normalized spacial score (nSPS) is 18.5. The van der Waals surface area contributed by atoms with Gasteiger partial charge in [0.05, 0.1) is 10.6 Å². The molecule has 0 aromatic heterocycles. The molecule has 29 heavy (non-hydrogen) atoms. The molecule has 2 aromatic rings. The van der Waals surface area contributed by atoms with Gasteiger partial charge < -0.3 is 10.6 Å². The number of nitro benzene ring substituents is 1. The summed E-state index contributed by atoms with van der Waals surface area (Å²) in [6.45, 7) is 1.06. The lowest BCUT2D eigenvalue weighted by Gasteiger charge is -2.25. The van der Waals surface area contributed by atoms with Gasteiger partial charge in [-0.3, -0.25) is 24.6 Å². The number of rotatable bonds is 6. The fraction of sp³-hybridized carbons (Fsp3) is 0.211. The maximum absolute atomic E-state index is 13.9. The molecule has 150 valence electrons. The zero-order valence-corrected chi connectivity index (χ0v) is 15.3. The topological polar surface area (TPSA) is 122 Å². The van der Waals surface area contributed by atoms with Crippen LogP contribution >= 0.6 is 0 Å². The first-order chi connectivity index (χ1) is 13.8. The first-order valence-electron chi connectivity index (χ1n) is 8.72. The second-order valence-electron chi connectivity index (χ2n) is 6.42. The van der Waals surface area contributed by atoms with E-state index in [2.05, 4.69) is 10.6 Å².